The number of para-hydroxylation sites is 1. The Bertz CT molecular complexity index is 507. The highest BCUT2D eigenvalue weighted by atomic mass is 16.3. The highest BCUT2D eigenvalue weighted by Gasteiger charge is 2.18. The third kappa shape index (κ3) is 2.99. The number of hydrogen-bond acceptors (Lipinski definition) is 3. The van der Waals surface area contributed by atoms with E-state index < -0.39 is 0 Å². The standard InChI is InChI=1S/C16H20N2O/c1-2-6-16-15(5-1)13(7-10-18-16)12-17-9-8-14-4-3-11-19-14/h1-6,11,13,17-18H,7-10,12H2. The molecule has 2 heterocycles. The number of benzene rings is 1. The van der Waals surface area contributed by atoms with Crippen LogP contribution in [0.15, 0.2) is 47.1 Å². The Morgan fingerprint density at radius 1 is 1.21 bits per heavy atom. The second-order valence-electron chi connectivity index (χ2n) is 5.03. The van der Waals surface area contributed by atoms with Gasteiger partial charge in [0, 0.05) is 37.7 Å². The largest absolute Gasteiger partial charge is 0.469 e. The molecule has 3 rings (SSSR count). The van der Waals surface area contributed by atoms with Crippen molar-refractivity contribution in [3.63, 3.8) is 0 Å². The summed E-state index contributed by atoms with van der Waals surface area (Å²) in [4.78, 5) is 0. The van der Waals surface area contributed by atoms with E-state index in [0.717, 1.165) is 31.8 Å². The number of anilines is 1. The van der Waals surface area contributed by atoms with Gasteiger partial charge in [-0.2, -0.15) is 0 Å². The van der Waals surface area contributed by atoms with E-state index >= 15 is 0 Å². The van der Waals surface area contributed by atoms with E-state index in [2.05, 4.69) is 34.9 Å². The minimum atomic E-state index is 0.619. The number of fused-ring (bicyclic) bond motifs is 1. The highest BCUT2D eigenvalue weighted by Crippen LogP contribution is 2.30. The molecule has 0 amide bonds. The molecule has 0 fully saturated rings. The van der Waals surface area contributed by atoms with E-state index in [-0.39, 0.29) is 0 Å². The summed E-state index contributed by atoms with van der Waals surface area (Å²) < 4.78 is 5.33. The van der Waals surface area contributed by atoms with Gasteiger partial charge in [-0.15, -0.1) is 0 Å². The summed E-state index contributed by atoms with van der Waals surface area (Å²) in [5.74, 6) is 1.67. The van der Waals surface area contributed by atoms with Gasteiger partial charge in [0.25, 0.3) is 0 Å². The molecule has 1 atom stereocenters. The lowest BCUT2D eigenvalue weighted by molar-refractivity contribution is 0.488. The molecule has 1 aromatic heterocycles. The first-order valence-electron chi connectivity index (χ1n) is 6.99. The van der Waals surface area contributed by atoms with E-state index in [9.17, 15) is 0 Å². The fourth-order valence-corrected chi connectivity index (χ4v) is 2.71. The van der Waals surface area contributed by atoms with Crippen molar-refractivity contribution in [3.05, 3.63) is 54.0 Å². The van der Waals surface area contributed by atoms with Crippen LogP contribution in [0.3, 0.4) is 0 Å². The van der Waals surface area contributed by atoms with Gasteiger partial charge in [-0.1, -0.05) is 18.2 Å². The average Bonchev–Trinajstić information content (AvgIpc) is 2.97. The van der Waals surface area contributed by atoms with Gasteiger partial charge in [-0.25, -0.2) is 0 Å². The van der Waals surface area contributed by atoms with Crippen LogP contribution in [0.5, 0.6) is 0 Å². The first kappa shape index (κ1) is 12.3. The van der Waals surface area contributed by atoms with Crippen molar-refractivity contribution in [2.75, 3.05) is 25.0 Å². The first-order chi connectivity index (χ1) is 9.43. The molecule has 0 spiro atoms. The lowest BCUT2D eigenvalue weighted by Crippen LogP contribution is -2.28. The summed E-state index contributed by atoms with van der Waals surface area (Å²) in [6.07, 6.45) is 3.89. The number of hydrogen-bond donors (Lipinski definition) is 2. The third-order valence-electron chi connectivity index (χ3n) is 3.73. The van der Waals surface area contributed by atoms with Crippen molar-refractivity contribution in [3.8, 4) is 0 Å². The fourth-order valence-electron chi connectivity index (χ4n) is 2.71. The van der Waals surface area contributed by atoms with Crippen molar-refractivity contribution in [2.24, 2.45) is 0 Å². The lowest BCUT2D eigenvalue weighted by atomic mass is 9.91. The summed E-state index contributed by atoms with van der Waals surface area (Å²) >= 11 is 0. The van der Waals surface area contributed by atoms with Crippen molar-refractivity contribution in [1.29, 1.82) is 0 Å². The van der Waals surface area contributed by atoms with Crippen LogP contribution in [0.25, 0.3) is 0 Å². The maximum Gasteiger partial charge on any atom is 0.105 e. The third-order valence-corrected chi connectivity index (χ3v) is 3.73. The first-order valence-corrected chi connectivity index (χ1v) is 6.99. The van der Waals surface area contributed by atoms with Crippen LogP contribution in [0, 0.1) is 0 Å². The molecule has 0 bridgehead atoms. The van der Waals surface area contributed by atoms with E-state index in [0.29, 0.717) is 5.92 Å². The van der Waals surface area contributed by atoms with Gasteiger partial charge in [0.1, 0.15) is 5.76 Å². The fraction of sp³-hybridized carbons (Fsp3) is 0.375. The van der Waals surface area contributed by atoms with E-state index in [1.165, 1.54) is 17.7 Å². The zero-order chi connectivity index (χ0) is 12.9. The van der Waals surface area contributed by atoms with Crippen LogP contribution in [0.1, 0.15) is 23.7 Å². The Morgan fingerprint density at radius 2 is 2.16 bits per heavy atom. The predicted octanol–water partition coefficient (Wildman–Crippen LogP) is 3.01. The molecule has 2 aromatic rings. The maximum absolute atomic E-state index is 5.33. The summed E-state index contributed by atoms with van der Waals surface area (Å²) in [5.41, 5.74) is 2.74. The number of nitrogens with one attached hydrogen (secondary N) is 2. The summed E-state index contributed by atoms with van der Waals surface area (Å²) in [6, 6.07) is 12.6. The topological polar surface area (TPSA) is 37.2 Å². The monoisotopic (exact) mass is 256 g/mol. The molecular weight excluding hydrogens is 236 g/mol. The van der Waals surface area contributed by atoms with Crippen LogP contribution in [0.2, 0.25) is 0 Å². The van der Waals surface area contributed by atoms with Gasteiger partial charge < -0.3 is 15.1 Å². The zero-order valence-electron chi connectivity index (χ0n) is 11.1. The second-order valence-corrected chi connectivity index (χ2v) is 5.03. The quantitative estimate of drug-likeness (QED) is 0.807. The van der Waals surface area contributed by atoms with Gasteiger partial charge in [-0.3, -0.25) is 0 Å². The van der Waals surface area contributed by atoms with Gasteiger partial charge in [0.15, 0.2) is 0 Å². The molecule has 1 aliphatic heterocycles. The smallest absolute Gasteiger partial charge is 0.105 e. The Morgan fingerprint density at radius 3 is 3.05 bits per heavy atom. The van der Waals surface area contributed by atoms with Crippen LogP contribution < -0.4 is 10.6 Å². The van der Waals surface area contributed by atoms with E-state index in [1.807, 2.05) is 12.1 Å². The zero-order valence-corrected chi connectivity index (χ0v) is 11.1. The number of furan rings is 1. The molecule has 0 aliphatic carbocycles. The number of rotatable bonds is 5. The Kier molecular flexibility index (Phi) is 3.84. The SMILES string of the molecule is c1coc(CCNCC2CCNc3ccccc32)c1. The van der Waals surface area contributed by atoms with Crippen LogP contribution in [0.4, 0.5) is 5.69 Å². The molecule has 1 aromatic carbocycles. The second kappa shape index (κ2) is 5.93. The van der Waals surface area contributed by atoms with Gasteiger partial charge in [0.2, 0.25) is 0 Å². The molecule has 1 unspecified atom stereocenters. The lowest BCUT2D eigenvalue weighted by Gasteiger charge is -2.26. The minimum absolute atomic E-state index is 0.619. The highest BCUT2D eigenvalue weighted by molar-refractivity contribution is 5.54. The van der Waals surface area contributed by atoms with Gasteiger partial charge in [-0.05, 0) is 30.2 Å². The normalized spacial score (nSPS) is 17.8. The van der Waals surface area contributed by atoms with E-state index in [4.69, 9.17) is 4.42 Å². The Balaban J connectivity index is 1.51. The molecule has 19 heavy (non-hydrogen) atoms. The van der Waals surface area contributed by atoms with Gasteiger partial charge >= 0.3 is 0 Å². The predicted molar refractivity (Wildman–Crippen MR) is 77.6 cm³/mol. The molecule has 100 valence electrons. The van der Waals surface area contributed by atoms with Gasteiger partial charge in [0.05, 0.1) is 6.26 Å². The molecule has 0 radical (unpaired) electrons. The maximum atomic E-state index is 5.33. The van der Waals surface area contributed by atoms with E-state index in [1.54, 1.807) is 6.26 Å². The Hall–Kier alpha value is -1.74. The summed E-state index contributed by atoms with van der Waals surface area (Å²) in [7, 11) is 0. The molecular formula is C16H20N2O. The average molecular weight is 256 g/mol. The van der Waals surface area contributed by atoms with Crippen molar-refractivity contribution < 1.29 is 4.42 Å². The van der Waals surface area contributed by atoms with Crippen molar-refractivity contribution >= 4 is 5.69 Å². The molecule has 0 saturated carbocycles. The van der Waals surface area contributed by atoms with Crippen LogP contribution >= 0.6 is 0 Å². The molecule has 1 aliphatic rings. The molecule has 2 N–H and O–H groups in total. The summed E-state index contributed by atoms with van der Waals surface area (Å²) in [6.45, 7) is 3.08. The minimum Gasteiger partial charge on any atom is -0.469 e. The van der Waals surface area contributed by atoms with Crippen LogP contribution in [-0.2, 0) is 6.42 Å². The van der Waals surface area contributed by atoms with Crippen LogP contribution in [-0.4, -0.2) is 19.6 Å². The molecule has 0 saturated heterocycles. The molecule has 3 heteroatoms. The van der Waals surface area contributed by atoms with Crippen molar-refractivity contribution in [2.45, 2.75) is 18.8 Å². The Labute approximate surface area is 114 Å². The van der Waals surface area contributed by atoms with Crippen molar-refractivity contribution in [1.82, 2.24) is 5.32 Å². The summed E-state index contributed by atoms with van der Waals surface area (Å²) in [5, 5.41) is 7.01. The molecule has 3 nitrogen and oxygen atoms in total.